The fourth-order valence-corrected chi connectivity index (χ4v) is 11.3. The molecule has 3 saturated heterocycles. The minimum atomic E-state index is -0.348. The predicted octanol–water partition coefficient (Wildman–Crippen LogP) is 5.77. The summed E-state index contributed by atoms with van der Waals surface area (Å²) in [5.74, 6) is 0. The van der Waals surface area contributed by atoms with E-state index in [9.17, 15) is 0 Å². The average molecular weight is 444 g/mol. The van der Waals surface area contributed by atoms with Gasteiger partial charge in [-0.25, -0.2) is 0 Å². The molecule has 6 unspecified atom stereocenters. The Labute approximate surface area is 196 Å². The van der Waals surface area contributed by atoms with Gasteiger partial charge >= 0.3 is 0 Å². The van der Waals surface area contributed by atoms with Gasteiger partial charge in [-0.1, -0.05) is 30.3 Å². The summed E-state index contributed by atoms with van der Waals surface area (Å²) in [6.45, 7) is 0. The fraction of sp³-hybridized carbons (Fsp3) is 0.250. The zero-order valence-electron chi connectivity index (χ0n) is 18.3. The second kappa shape index (κ2) is 3.31. The van der Waals surface area contributed by atoms with Crippen molar-refractivity contribution >= 4 is 64.6 Å². The van der Waals surface area contributed by atoms with Gasteiger partial charge < -0.3 is 14.2 Å². The maximum atomic E-state index is 7.16. The second-order valence-electron chi connectivity index (χ2n) is 12.9. The Morgan fingerprint density at radius 2 is 1.43 bits per heavy atom. The van der Waals surface area contributed by atoms with Gasteiger partial charge in [0.25, 0.3) is 0 Å². The van der Waals surface area contributed by atoms with Gasteiger partial charge in [0.2, 0.25) is 0 Å². The van der Waals surface area contributed by atoms with Crippen molar-refractivity contribution in [3.8, 4) is 0 Å². The molecule has 0 amide bonds. The van der Waals surface area contributed by atoms with E-state index in [0.717, 1.165) is 12.8 Å². The summed E-state index contributed by atoms with van der Waals surface area (Å²) < 4.78 is 20.5. The number of epoxide rings is 3. The Hall–Kier alpha value is -3.24. The summed E-state index contributed by atoms with van der Waals surface area (Å²) in [4.78, 5) is 0. The van der Waals surface area contributed by atoms with Crippen LogP contribution in [0.4, 0.5) is 0 Å². The molecule has 35 heavy (non-hydrogen) atoms. The molecule has 0 radical (unpaired) electrons. The summed E-state index contributed by atoms with van der Waals surface area (Å²) in [7, 11) is 0. The highest BCUT2D eigenvalue weighted by Gasteiger charge is 2.97. The third kappa shape index (κ3) is 0.893. The van der Waals surface area contributed by atoms with Gasteiger partial charge in [-0.2, -0.15) is 0 Å². The molecular weight excluding hydrogens is 432 g/mol. The van der Waals surface area contributed by atoms with Gasteiger partial charge in [-0.3, -0.25) is 0 Å². The predicted molar refractivity (Wildman–Crippen MR) is 130 cm³/mol. The van der Waals surface area contributed by atoms with E-state index in [1.165, 1.54) is 87.4 Å². The van der Waals surface area contributed by atoms with Crippen molar-refractivity contribution < 1.29 is 14.2 Å². The number of rotatable bonds is 0. The normalized spacial score (nSPS) is 40.1. The van der Waals surface area contributed by atoms with E-state index in [0.29, 0.717) is 0 Å². The third-order valence-electron chi connectivity index (χ3n) is 12.1. The first kappa shape index (κ1) is 14.4. The van der Waals surface area contributed by atoms with Crippen LogP contribution in [-0.2, 0) is 38.3 Å². The molecule has 3 fully saturated rings. The molecule has 0 aromatic heterocycles. The Morgan fingerprint density at radius 3 is 2.34 bits per heavy atom. The van der Waals surface area contributed by atoms with Gasteiger partial charge in [0, 0.05) is 23.1 Å². The number of ether oxygens (including phenoxy) is 3. The molecule has 5 aliphatic carbocycles. The Balaban J connectivity index is 1.46. The van der Waals surface area contributed by atoms with Crippen LogP contribution in [0.3, 0.4) is 0 Å². The number of hydrogen-bond donors (Lipinski definition) is 0. The lowest BCUT2D eigenvalue weighted by Crippen LogP contribution is -2.44. The monoisotopic (exact) mass is 444 g/mol. The summed E-state index contributed by atoms with van der Waals surface area (Å²) >= 11 is 0. The topological polar surface area (TPSA) is 37.6 Å². The van der Waals surface area contributed by atoms with Crippen molar-refractivity contribution in [1.29, 1.82) is 0 Å². The molecular formula is C32H12O3. The van der Waals surface area contributed by atoms with Gasteiger partial charge in [-0.05, 0) is 93.3 Å². The molecule has 2 spiro atoms. The molecule has 7 aromatic carbocycles. The second-order valence-corrected chi connectivity index (χ2v) is 12.9. The highest BCUT2D eigenvalue weighted by Crippen LogP contribution is 2.87. The van der Waals surface area contributed by atoms with Crippen molar-refractivity contribution in [1.82, 2.24) is 0 Å². The van der Waals surface area contributed by atoms with E-state index in [1.54, 1.807) is 16.2 Å². The minimum absolute atomic E-state index is 0.120. The highest BCUT2D eigenvalue weighted by atomic mass is 16.7. The first-order valence-corrected chi connectivity index (χ1v) is 13.1. The van der Waals surface area contributed by atoms with E-state index in [1.807, 2.05) is 0 Å². The molecule has 15 rings (SSSR count). The zero-order chi connectivity index (χ0) is 21.3. The lowest BCUT2D eigenvalue weighted by atomic mass is 9.64. The Kier molecular flexibility index (Phi) is 1.36. The van der Waals surface area contributed by atoms with Crippen molar-refractivity contribution in [2.45, 2.75) is 48.0 Å². The third-order valence-corrected chi connectivity index (χ3v) is 12.1. The van der Waals surface area contributed by atoms with E-state index >= 15 is 0 Å². The average Bonchev–Trinajstić information content (AvgIpc) is 3.76. The van der Waals surface area contributed by atoms with Crippen LogP contribution in [-0.4, -0.2) is 17.8 Å². The first-order valence-electron chi connectivity index (χ1n) is 13.1. The summed E-state index contributed by atoms with van der Waals surface area (Å²) in [5, 5.41) is 18.1. The maximum absolute atomic E-state index is 7.16. The van der Waals surface area contributed by atoms with Crippen molar-refractivity contribution in [3.63, 3.8) is 0 Å². The Morgan fingerprint density at radius 1 is 0.686 bits per heavy atom. The molecule has 7 aromatic rings. The van der Waals surface area contributed by atoms with Crippen LogP contribution in [0.25, 0.3) is 64.6 Å². The lowest BCUT2D eigenvalue weighted by Gasteiger charge is -2.28. The first-order chi connectivity index (χ1) is 17.3. The van der Waals surface area contributed by atoms with E-state index in [4.69, 9.17) is 14.2 Å². The Bertz CT molecular complexity index is 2450. The van der Waals surface area contributed by atoms with Crippen LogP contribution < -0.4 is 0 Å². The molecule has 158 valence electrons. The quantitative estimate of drug-likeness (QED) is 0.220. The summed E-state index contributed by atoms with van der Waals surface area (Å²) in [6, 6.07) is 12.3. The molecule has 0 N–H and O–H groups in total. The van der Waals surface area contributed by atoms with Crippen LogP contribution in [0.1, 0.15) is 45.0 Å². The van der Waals surface area contributed by atoms with Gasteiger partial charge in [-0.15, -0.1) is 0 Å². The molecule has 3 aliphatic heterocycles. The smallest absolute Gasteiger partial charge is 0.165 e. The van der Waals surface area contributed by atoms with Crippen LogP contribution >= 0.6 is 0 Å². The van der Waals surface area contributed by atoms with Crippen molar-refractivity contribution in [3.05, 3.63) is 69.3 Å². The number of fused-ring (bicyclic) bond motifs is 2. The minimum Gasteiger partial charge on any atom is -0.361 e. The van der Waals surface area contributed by atoms with Gasteiger partial charge in [0.15, 0.2) is 11.2 Å². The molecule has 3 heteroatoms. The zero-order valence-corrected chi connectivity index (χ0v) is 18.3. The van der Waals surface area contributed by atoms with Crippen LogP contribution in [0.15, 0.2) is 30.3 Å². The van der Waals surface area contributed by atoms with E-state index < -0.39 is 0 Å². The molecule has 3 nitrogen and oxygen atoms in total. The van der Waals surface area contributed by atoms with Gasteiger partial charge in [0.1, 0.15) is 23.9 Å². The standard InChI is InChI=1S/C32H12O3/c1-2-9-4-12-7-30-25-18(12)20-15(9)14-8(1)3-10-5-11-6-13-24-22-17(11)16(10)19(14)21(20)23(22)26(25)31(24)32(35-31,29(30)34-30)28-27(13)33-28/h1-4,6,27-29H,5,7H2. The molecule has 3 heterocycles. The van der Waals surface area contributed by atoms with E-state index in [-0.39, 0.29) is 35.1 Å². The lowest BCUT2D eigenvalue weighted by molar-refractivity contribution is 0.184. The number of hydrogen-bond acceptors (Lipinski definition) is 3. The van der Waals surface area contributed by atoms with E-state index in [2.05, 4.69) is 30.3 Å². The highest BCUT2D eigenvalue weighted by molar-refractivity contribution is 6.51. The largest absolute Gasteiger partial charge is 0.361 e. The molecule has 0 saturated carbocycles. The van der Waals surface area contributed by atoms with Crippen LogP contribution in [0.2, 0.25) is 0 Å². The fourth-order valence-electron chi connectivity index (χ4n) is 11.3. The van der Waals surface area contributed by atoms with Crippen molar-refractivity contribution in [2.24, 2.45) is 0 Å². The summed E-state index contributed by atoms with van der Waals surface area (Å²) in [5.41, 5.74) is 9.54. The maximum Gasteiger partial charge on any atom is 0.165 e. The van der Waals surface area contributed by atoms with Crippen molar-refractivity contribution in [2.75, 3.05) is 0 Å². The molecule has 8 aliphatic rings. The summed E-state index contributed by atoms with van der Waals surface area (Å²) in [6.07, 6.45) is 2.47. The SMILES string of the molecule is c1c2c3c4c5c1Cc1cc6ccc7cc8c9c%10c(c4c4c9c7c6c4c15)C31OC1(C1OC21)C1OC%101C8. The van der Waals surface area contributed by atoms with Crippen LogP contribution in [0, 0.1) is 0 Å². The molecule has 6 atom stereocenters. The number of benzene rings is 6. The van der Waals surface area contributed by atoms with Crippen LogP contribution in [0.5, 0.6) is 0 Å². The van der Waals surface area contributed by atoms with Gasteiger partial charge in [0.05, 0.1) is 0 Å². The molecule has 0 bridgehead atoms.